The van der Waals surface area contributed by atoms with Crippen molar-refractivity contribution in [3.63, 3.8) is 0 Å². The van der Waals surface area contributed by atoms with E-state index in [0.717, 1.165) is 0 Å². The summed E-state index contributed by atoms with van der Waals surface area (Å²) < 4.78 is 6.70. The van der Waals surface area contributed by atoms with Crippen LogP contribution in [0.5, 0.6) is 0 Å². The van der Waals surface area contributed by atoms with Gasteiger partial charge in [0.2, 0.25) is 0 Å². The molecule has 0 spiro atoms. The van der Waals surface area contributed by atoms with Crippen LogP contribution >= 0.6 is 0 Å². The predicted octanol–water partition coefficient (Wildman–Crippen LogP) is 0.729. The fraction of sp³-hybridized carbons (Fsp3) is 0.692. The molecule has 1 heterocycles. The van der Waals surface area contributed by atoms with E-state index in [1.165, 1.54) is 6.20 Å². The Hall–Kier alpha value is -1.60. The van der Waals surface area contributed by atoms with E-state index in [4.69, 9.17) is 4.74 Å². The summed E-state index contributed by atoms with van der Waals surface area (Å²) in [5.74, 6) is 0. The van der Waals surface area contributed by atoms with Crippen LogP contribution in [0.15, 0.2) is 12.5 Å². The zero-order valence-electron chi connectivity index (χ0n) is 12.3. The van der Waals surface area contributed by atoms with Crippen LogP contribution in [-0.4, -0.2) is 44.1 Å². The molecule has 2 atom stereocenters. The number of aromatic nitrogens is 2. The predicted molar refractivity (Wildman–Crippen MR) is 73.0 cm³/mol. The molecule has 0 bridgehead atoms. The summed E-state index contributed by atoms with van der Waals surface area (Å²) in [4.78, 5) is 15.3. The summed E-state index contributed by atoms with van der Waals surface area (Å²) in [6.45, 7) is 5.53. The van der Waals surface area contributed by atoms with Crippen molar-refractivity contribution in [1.29, 1.82) is 0 Å². The minimum Gasteiger partial charge on any atom is -0.444 e. The molecule has 7 heteroatoms. The topological polar surface area (TPSA) is 96.6 Å². The van der Waals surface area contributed by atoms with Crippen LogP contribution < -0.4 is 5.32 Å². The van der Waals surface area contributed by atoms with Crippen molar-refractivity contribution < 1.29 is 19.7 Å². The van der Waals surface area contributed by atoms with E-state index >= 15 is 0 Å². The quantitative estimate of drug-likeness (QED) is 0.741. The largest absolute Gasteiger partial charge is 0.444 e. The monoisotopic (exact) mass is 285 g/mol. The molecule has 3 N–H and O–H groups in total. The zero-order chi connectivity index (χ0) is 15.3. The average molecular weight is 285 g/mol. The SMILES string of the molecule is Cn1cncc1C(O)C(O)CCNC(=O)OC(C)(C)C. The number of nitrogens with zero attached hydrogens (tertiary/aromatic N) is 2. The van der Waals surface area contributed by atoms with Gasteiger partial charge in [0, 0.05) is 13.6 Å². The average Bonchev–Trinajstić information content (AvgIpc) is 2.71. The smallest absolute Gasteiger partial charge is 0.407 e. The van der Waals surface area contributed by atoms with Gasteiger partial charge in [0.1, 0.15) is 11.7 Å². The van der Waals surface area contributed by atoms with Crippen molar-refractivity contribution >= 4 is 6.09 Å². The standard InChI is InChI=1S/C13H23N3O4/c1-13(2,3)20-12(19)15-6-5-10(17)11(18)9-7-14-8-16(9)4/h7-8,10-11,17-18H,5-6H2,1-4H3,(H,15,19). The van der Waals surface area contributed by atoms with Crippen molar-refractivity contribution in [3.8, 4) is 0 Å². The van der Waals surface area contributed by atoms with E-state index in [1.807, 2.05) is 0 Å². The molecule has 0 fully saturated rings. The van der Waals surface area contributed by atoms with Gasteiger partial charge in [-0.05, 0) is 27.2 Å². The Morgan fingerprint density at radius 3 is 2.65 bits per heavy atom. The molecule has 0 saturated carbocycles. The Morgan fingerprint density at radius 1 is 1.50 bits per heavy atom. The van der Waals surface area contributed by atoms with Gasteiger partial charge >= 0.3 is 6.09 Å². The number of hydrogen-bond acceptors (Lipinski definition) is 5. The molecule has 1 aromatic rings. The number of aryl methyl sites for hydroxylation is 1. The summed E-state index contributed by atoms with van der Waals surface area (Å²) in [7, 11) is 1.73. The number of carbonyl (C=O) groups excluding carboxylic acids is 1. The van der Waals surface area contributed by atoms with Gasteiger partial charge in [0.25, 0.3) is 0 Å². The number of ether oxygens (including phenoxy) is 1. The van der Waals surface area contributed by atoms with Gasteiger partial charge in [-0.25, -0.2) is 9.78 Å². The van der Waals surface area contributed by atoms with Crippen LogP contribution in [0.2, 0.25) is 0 Å². The molecular weight excluding hydrogens is 262 g/mol. The van der Waals surface area contributed by atoms with Crippen LogP contribution in [-0.2, 0) is 11.8 Å². The third kappa shape index (κ3) is 5.18. The van der Waals surface area contributed by atoms with Crippen LogP contribution in [0.4, 0.5) is 4.79 Å². The first-order valence-corrected chi connectivity index (χ1v) is 6.50. The molecule has 1 aromatic heterocycles. The summed E-state index contributed by atoms with van der Waals surface area (Å²) in [5, 5.41) is 22.4. The highest BCUT2D eigenvalue weighted by Gasteiger charge is 2.21. The first kappa shape index (κ1) is 16.5. The van der Waals surface area contributed by atoms with Crippen molar-refractivity contribution in [2.75, 3.05) is 6.54 Å². The van der Waals surface area contributed by atoms with Crippen molar-refractivity contribution in [3.05, 3.63) is 18.2 Å². The van der Waals surface area contributed by atoms with Crippen LogP contribution in [0.1, 0.15) is 39.0 Å². The number of imidazole rings is 1. The minimum atomic E-state index is -1.04. The molecule has 0 saturated heterocycles. The Balaban J connectivity index is 2.35. The fourth-order valence-corrected chi connectivity index (χ4v) is 1.64. The summed E-state index contributed by atoms with van der Waals surface area (Å²) in [6, 6.07) is 0. The highest BCUT2D eigenvalue weighted by atomic mass is 16.6. The second kappa shape index (κ2) is 6.71. The molecule has 0 aliphatic carbocycles. The van der Waals surface area contributed by atoms with E-state index in [0.29, 0.717) is 5.69 Å². The Kier molecular flexibility index (Phi) is 5.52. The van der Waals surface area contributed by atoms with Gasteiger partial charge < -0.3 is 24.8 Å². The molecule has 1 rings (SSSR count). The Morgan fingerprint density at radius 2 is 2.15 bits per heavy atom. The number of carbonyl (C=O) groups is 1. The number of alkyl carbamates (subject to hydrolysis) is 1. The van der Waals surface area contributed by atoms with Crippen molar-refractivity contribution in [1.82, 2.24) is 14.9 Å². The van der Waals surface area contributed by atoms with Gasteiger partial charge in [0.05, 0.1) is 24.3 Å². The molecular formula is C13H23N3O4. The zero-order valence-corrected chi connectivity index (χ0v) is 12.3. The summed E-state index contributed by atoms with van der Waals surface area (Å²) in [5.41, 5.74) is -0.0357. The molecule has 20 heavy (non-hydrogen) atoms. The fourth-order valence-electron chi connectivity index (χ4n) is 1.64. The molecule has 0 aliphatic rings. The van der Waals surface area contributed by atoms with Gasteiger partial charge in [-0.1, -0.05) is 0 Å². The van der Waals surface area contributed by atoms with Crippen LogP contribution in [0.3, 0.4) is 0 Å². The molecule has 7 nitrogen and oxygen atoms in total. The lowest BCUT2D eigenvalue weighted by atomic mass is 10.1. The number of nitrogens with one attached hydrogen (secondary N) is 1. The Bertz CT molecular complexity index is 439. The molecule has 0 aromatic carbocycles. The van der Waals surface area contributed by atoms with Gasteiger partial charge in [-0.2, -0.15) is 0 Å². The summed E-state index contributed by atoms with van der Waals surface area (Å²) in [6.07, 6.45) is 0.688. The second-order valence-electron chi connectivity index (χ2n) is 5.66. The normalized spacial score (nSPS) is 14.7. The number of rotatable bonds is 5. The summed E-state index contributed by atoms with van der Waals surface area (Å²) >= 11 is 0. The Labute approximate surface area is 118 Å². The maximum absolute atomic E-state index is 11.4. The maximum atomic E-state index is 11.4. The molecule has 0 aliphatic heterocycles. The van der Waals surface area contributed by atoms with Crippen LogP contribution in [0, 0.1) is 0 Å². The van der Waals surface area contributed by atoms with Gasteiger partial charge in [-0.15, -0.1) is 0 Å². The first-order valence-electron chi connectivity index (χ1n) is 6.50. The highest BCUT2D eigenvalue weighted by Crippen LogP contribution is 2.17. The highest BCUT2D eigenvalue weighted by molar-refractivity contribution is 5.67. The van der Waals surface area contributed by atoms with Crippen LogP contribution in [0.25, 0.3) is 0 Å². The molecule has 114 valence electrons. The van der Waals surface area contributed by atoms with Crippen molar-refractivity contribution in [2.24, 2.45) is 7.05 Å². The third-order valence-electron chi connectivity index (χ3n) is 2.63. The van der Waals surface area contributed by atoms with E-state index < -0.39 is 23.9 Å². The lowest BCUT2D eigenvalue weighted by molar-refractivity contribution is 0.00840. The lowest BCUT2D eigenvalue weighted by Crippen LogP contribution is -2.34. The molecule has 2 unspecified atom stereocenters. The van der Waals surface area contributed by atoms with Gasteiger partial charge in [-0.3, -0.25) is 0 Å². The third-order valence-corrected chi connectivity index (χ3v) is 2.63. The molecule has 0 radical (unpaired) electrons. The number of aliphatic hydroxyl groups is 2. The van der Waals surface area contributed by atoms with E-state index in [1.54, 1.807) is 38.7 Å². The minimum absolute atomic E-state index is 0.213. The number of aliphatic hydroxyl groups excluding tert-OH is 2. The van der Waals surface area contributed by atoms with Crippen molar-refractivity contribution in [2.45, 2.75) is 45.0 Å². The van der Waals surface area contributed by atoms with Gasteiger partial charge in [0.15, 0.2) is 0 Å². The second-order valence-corrected chi connectivity index (χ2v) is 5.66. The number of hydrogen-bond donors (Lipinski definition) is 3. The maximum Gasteiger partial charge on any atom is 0.407 e. The first-order chi connectivity index (χ1) is 9.20. The molecule has 1 amide bonds. The van der Waals surface area contributed by atoms with E-state index in [9.17, 15) is 15.0 Å². The number of amides is 1. The van der Waals surface area contributed by atoms with E-state index in [2.05, 4.69) is 10.3 Å². The lowest BCUT2D eigenvalue weighted by Gasteiger charge is -2.21. The van der Waals surface area contributed by atoms with E-state index in [-0.39, 0.29) is 13.0 Å².